The minimum absolute atomic E-state index is 0.0920. The highest BCUT2D eigenvalue weighted by molar-refractivity contribution is 7.90. The molecule has 0 unspecified atom stereocenters. The van der Waals surface area contributed by atoms with E-state index in [1.165, 1.54) is 11.1 Å². The molecule has 11 heteroatoms. The van der Waals surface area contributed by atoms with Crippen molar-refractivity contribution >= 4 is 33.2 Å². The highest BCUT2D eigenvalue weighted by atomic mass is 35.5. The van der Waals surface area contributed by atoms with Crippen molar-refractivity contribution in [1.29, 1.82) is 0 Å². The van der Waals surface area contributed by atoms with Crippen molar-refractivity contribution < 1.29 is 27.4 Å². The molecular weight excluding hydrogens is 650 g/mol. The number of amides is 1. The number of ether oxygens (including phenoxy) is 3. The number of hydrogen-bond acceptors (Lipinski definition) is 8. The van der Waals surface area contributed by atoms with Crippen LogP contribution in [0.3, 0.4) is 0 Å². The molecule has 2 aliphatic carbocycles. The lowest BCUT2D eigenvalue weighted by Gasteiger charge is -2.47. The summed E-state index contributed by atoms with van der Waals surface area (Å²) in [5.41, 5.74) is 3.50. The van der Waals surface area contributed by atoms with Gasteiger partial charge in [0.15, 0.2) is 6.29 Å². The third kappa shape index (κ3) is 5.93. The molecule has 8 rings (SSSR count). The van der Waals surface area contributed by atoms with Crippen LogP contribution in [0, 0.1) is 23.7 Å². The first kappa shape index (κ1) is 32.8. The summed E-state index contributed by atoms with van der Waals surface area (Å²) in [6.07, 6.45) is 7.77. The maximum Gasteiger partial charge on any atom is 0.264 e. The van der Waals surface area contributed by atoms with E-state index in [0.717, 1.165) is 94.0 Å². The van der Waals surface area contributed by atoms with Gasteiger partial charge in [-0.05, 0) is 111 Å². The average molecular weight is 698 g/mol. The quantitative estimate of drug-likeness (QED) is 0.406. The van der Waals surface area contributed by atoms with Gasteiger partial charge in [-0.3, -0.25) is 4.79 Å². The summed E-state index contributed by atoms with van der Waals surface area (Å²) in [7, 11) is -3.90. The summed E-state index contributed by atoms with van der Waals surface area (Å²) in [6.45, 7) is 7.41. The van der Waals surface area contributed by atoms with E-state index in [1.54, 1.807) is 13.0 Å². The molecule has 1 saturated carbocycles. The van der Waals surface area contributed by atoms with Crippen LogP contribution in [0.1, 0.15) is 80.3 Å². The summed E-state index contributed by atoms with van der Waals surface area (Å²) >= 11 is 6.47. The zero-order valence-electron chi connectivity index (χ0n) is 28.0. The Morgan fingerprint density at radius 3 is 2.54 bits per heavy atom. The monoisotopic (exact) mass is 697 g/mol. The zero-order chi connectivity index (χ0) is 33.2. The van der Waals surface area contributed by atoms with Gasteiger partial charge >= 0.3 is 0 Å². The van der Waals surface area contributed by atoms with Crippen LogP contribution in [0.15, 0.2) is 36.4 Å². The van der Waals surface area contributed by atoms with Gasteiger partial charge in [0, 0.05) is 48.1 Å². The van der Waals surface area contributed by atoms with Gasteiger partial charge < -0.3 is 24.4 Å². The molecule has 2 saturated heterocycles. The minimum atomic E-state index is -3.90. The van der Waals surface area contributed by atoms with Crippen LogP contribution in [0.5, 0.6) is 5.75 Å². The largest absolute Gasteiger partial charge is 0.490 e. The first-order chi connectivity index (χ1) is 23.1. The molecule has 2 aromatic carbocycles. The number of nitrogens with zero attached hydrogens (tertiary/aromatic N) is 1. The highest BCUT2D eigenvalue weighted by Gasteiger charge is 2.49. The molecule has 260 valence electrons. The summed E-state index contributed by atoms with van der Waals surface area (Å²) in [6, 6.07) is 11.7. The molecule has 2 aromatic rings. The van der Waals surface area contributed by atoms with Crippen LogP contribution >= 0.6 is 11.6 Å². The van der Waals surface area contributed by atoms with E-state index in [9.17, 15) is 13.2 Å². The van der Waals surface area contributed by atoms with Crippen molar-refractivity contribution in [3.8, 4) is 5.75 Å². The molecule has 0 radical (unpaired) electrons. The smallest absolute Gasteiger partial charge is 0.264 e. The number of nitrogens with one attached hydrogen (secondary N) is 2. The number of carbonyl (C=O) groups is 1. The Labute approximate surface area is 289 Å². The molecule has 0 aromatic heterocycles. The molecule has 1 spiro atoms. The van der Waals surface area contributed by atoms with E-state index in [4.69, 9.17) is 25.8 Å². The third-order valence-electron chi connectivity index (χ3n) is 12.6. The van der Waals surface area contributed by atoms with Crippen LogP contribution in [-0.4, -0.2) is 70.9 Å². The van der Waals surface area contributed by atoms with Crippen LogP contribution in [0.4, 0.5) is 5.69 Å². The second-order valence-electron chi connectivity index (χ2n) is 15.4. The lowest BCUT2D eigenvalue weighted by atomic mass is 9.64. The second-order valence-corrected chi connectivity index (χ2v) is 17.9. The minimum Gasteiger partial charge on any atom is -0.490 e. The summed E-state index contributed by atoms with van der Waals surface area (Å²) < 4.78 is 49.2. The Morgan fingerprint density at radius 2 is 1.77 bits per heavy atom. The third-order valence-corrected chi connectivity index (χ3v) is 14.7. The number of carbonyl (C=O) groups excluding carboxylic acids is 1. The molecule has 6 aliphatic rings. The van der Waals surface area contributed by atoms with Gasteiger partial charge in [0.05, 0.1) is 17.5 Å². The topological polar surface area (TPSA) is 106 Å². The van der Waals surface area contributed by atoms with Gasteiger partial charge in [0.25, 0.3) is 5.91 Å². The summed E-state index contributed by atoms with van der Waals surface area (Å²) in [5, 5.41) is 3.43. The molecule has 4 heterocycles. The van der Waals surface area contributed by atoms with Gasteiger partial charge in [-0.1, -0.05) is 31.0 Å². The summed E-state index contributed by atoms with van der Waals surface area (Å²) in [5.74, 6) is 1.11. The maximum atomic E-state index is 13.5. The molecular formula is C37H48ClN3O6S. The molecule has 1 amide bonds. The van der Waals surface area contributed by atoms with E-state index in [1.807, 2.05) is 25.1 Å². The van der Waals surface area contributed by atoms with Gasteiger partial charge in [-0.25, -0.2) is 13.1 Å². The standard InChI is InChI=1S/C37H48ClN3O6S/c1-22-5-3-7-29(36-46-33-17-39-18-34(33)47-36)28-11-8-26(28)19-41-20-37(14-4-6-24-15-27(38)10-12-30(24)37)21-45-32-13-9-25(16-31(32)41)35(42)40-48(43,44)23(22)2/h9-10,12-13,15-16,22-23,26,28-29,33-34,36,39H,3-8,11,14,17-21H2,1-2H3,(H,40,42)/t22-,23+,26-,28+,29+,33-,34+,36-,37-/m0/s1. The van der Waals surface area contributed by atoms with E-state index >= 15 is 0 Å². The predicted octanol–water partition coefficient (Wildman–Crippen LogP) is 5.44. The van der Waals surface area contributed by atoms with Crippen LogP contribution in [0.25, 0.3) is 0 Å². The fourth-order valence-corrected chi connectivity index (χ4v) is 11.0. The number of hydrogen-bond donors (Lipinski definition) is 2. The van der Waals surface area contributed by atoms with Gasteiger partial charge in [0.1, 0.15) is 18.0 Å². The molecule has 48 heavy (non-hydrogen) atoms. The molecule has 2 bridgehead atoms. The number of benzene rings is 2. The van der Waals surface area contributed by atoms with E-state index in [2.05, 4.69) is 27.1 Å². The number of aryl methyl sites for hydroxylation is 1. The van der Waals surface area contributed by atoms with E-state index in [0.29, 0.717) is 24.0 Å². The molecule has 2 N–H and O–H groups in total. The Bertz CT molecular complexity index is 1660. The fraction of sp³-hybridized carbons (Fsp3) is 0.649. The van der Waals surface area contributed by atoms with Crippen molar-refractivity contribution in [3.05, 3.63) is 58.1 Å². The number of sulfonamides is 1. The second kappa shape index (κ2) is 12.7. The van der Waals surface area contributed by atoms with Crippen LogP contribution < -0.4 is 19.7 Å². The first-order valence-electron chi connectivity index (χ1n) is 18.0. The molecule has 3 fully saturated rings. The Balaban J connectivity index is 1.18. The molecule has 9 nitrogen and oxygen atoms in total. The van der Waals surface area contributed by atoms with Gasteiger partial charge in [0.2, 0.25) is 10.0 Å². The van der Waals surface area contributed by atoms with E-state index < -0.39 is 21.2 Å². The van der Waals surface area contributed by atoms with Crippen molar-refractivity contribution in [2.75, 3.05) is 37.7 Å². The number of halogens is 1. The predicted molar refractivity (Wildman–Crippen MR) is 185 cm³/mol. The molecule has 9 atom stereocenters. The lowest BCUT2D eigenvalue weighted by molar-refractivity contribution is -0.141. The van der Waals surface area contributed by atoms with Crippen LogP contribution in [-0.2, 0) is 31.3 Å². The fourth-order valence-electron chi connectivity index (χ4n) is 9.45. The molecule has 4 aliphatic heterocycles. The lowest BCUT2D eigenvalue weighted by Crippen LogP contribution is -2.50. The van der Waals surface area contributed by atoms with Crippen molar-refractivity contribution in [3.63, 3.8) is 0 Å². The van der Waals surface area contributed by atoms with Crippen molar-refractivity contribution in [2.45, 2.75) is 94.4 Å². The summed E-state index contributed by atoms with van der Waals surface area (Å²) in [4.78, 5) is 16.0. The van der Waals surface area contributed by atoms with Gasteiger partial charge in [-0.2, -0.15) is 0 Å². The highest BCUT2D eigenvalue weighted by Crippen LogP contribution is 2.49. The Kier molecular flexibility index (Phi) is 8.72. The first-order valence-corrected chi connectivity index (χ1v) is 19.9. The van der Waals surface area contributed by atoms with Crippen molar-refractivity contribution in [2.24, 2.45) is 23.7 Å². The van der Waals surface area contributed by atoms with E-state index in [-0.39, 0.29) is 35.7 Å². The normalized spacial score (nSPS) is 37.7. The van der Waals surface area contributed by atoms with Crippen LogP contribution in [0.2, 0.25) is 5.02 Å². The van der Waals surface area contributed by atoms with Gasteiger partial charge in [-0.15, -0.1) is 0 Å². The number of fused-ring (bicyclic) bond motifs is 5. The Morgan fingerprint density at radius 1 is 0.958 bits per heavy atom. The number of anilines is 1. The zero-order valence-corrected chi connectivity index (χ0v) is 29.5. The number of rotatable bonds is 1. The SMILES string of the molecule is C[C@@H]1[C@@H](C)CCC[C@@H]([C@H]2O[C@H]3CNC[C@H]3O2)[C@@H]2CC[C@H]2CN2C[C@@]3(CCCc4cc(Cl)ccc43)COc3ccc(cc32)C(=O)NS1(=O)=O. The Hall–Kier alpha value is -2.37. The van der Waals surface area contributed by atoms with Crippen molar-refractivity contribution in [1.82, 2.24) is 10.0 Å². The average Bonchev–Trinajstić information content (AvgIpc) is 3.62. The maximum absolute atomic E-state index is 13.5.